The van der Waals surface area contributed by atoms with E-state index in [2.05, 4.69) is 0 Å². The molecule has 0 fully saturated rings. The summed E-state index contributed by atoms with van der Waals surface area (Å²) in [6, 6.07) is 5.92. The highest BCUT2D eigenvalue weighted by Crippen LogP contribution is 2.32. The maximum Gasteiger partial charge on any atom is 0.0860 e. The lowest BCUT2D eigenvalue weighted by Gasteiger charge is -2.19. The molecule has 0 atom stereocenters. The minimum atomic E-state index is -0.875. The van der Waals surface area contributed by atoms with Crippen molar-refractivity contribution < 1.29 is 5.11 Å². The van der Waals surface area contributed by atoms with Gasteiger partial charge in [0.15, 0.2) is 0 Å². The monoisotopic (exact) mass is 207 g/mol. The Bertz CT molecular complexity index is 468. The van der Waals surface area contributed by atoms with Gasteiger partial charge in [-0.3, -0.25) is 0 Å². The van der Waals surface area contributed by atoms with E-state index in [4.69, 9.17) is 5.73 Å². The van der Waals surface area contributed by atoms with Gasteiger partial charge in [0.05, 0.1) is 5.60 Å². The van der Waals surface area contributed by atoms with Crippen molar-refractivity contribution in [2.75, 3.05) is 5.73 Å². The average molecular weight is 207 g/mol. The van der Waals surface area contributed by atoms with Gasteiger partial charge < -0.3 is 10.8 Å². The van der Waals surface area contributed by atoms with Crippen LogP contribution in [0.4, 0.5) is 5.69 Å². The van der Waals surface area contributed by atoms with Crippen LogP contribution in [0.1, 0.15) is 19.4 Å². The van der Waals surface area contributed by atoms with E-state index in [9.17, 15) is 5.11 Å². The van der Waals surface area contributed by atoms with Crippen LogP contribution in [-0.2, 0) is 5.60 Å². The molecule has 0 aliphatic rings. The first-order valence-corrected chi connectivity index (χ1v) is 5.36. The zero-order valence-corrected chi connectivity index (χ0v) is 9.06. The van der Waals surface area contributed by atoms with Gasteiger partial charge in [0.1, 0.15) is 0 Å². The molecule has 74 valence electrons. The molecular weight excluding hydrogens is 194 g/mol. The van der Waals surface area contributed by atoms with E-state index in [0.29, 0.717) is 5.69 Å². The Kier molecular flexibility index (Phi) is 2.01. The van der Waals surface area contributed by atoms with Gasteiger partial charge in [-0.2, -0.15) is 0 Å². The van der Waals surface area contributed by atoms with Crippen molar-refractivity contribution in [2.24, 2.45) is 0 Å². The lowest BCUT2D eigenvalue weighted by atomic mass is 9.95. The predicted octanol–water partition coefficient (Wildman–Crippen LogP) is 2.71. The normalized spacial score (nSPS) is 12.2. The molecule has 0 amide bonds. The van der Waals surface area contributed by atoms with Crippen molar-refractivity contribution in [1.29, 1.82) is 0 Å². The molecule has 0 saturated carbocycles. The fourth-order valence-electron chi connectivity index (χ4n) is 1.56. The van der Waals surface area contributed by atoms with Crippen LogP contribution >= 0.6 is 11.3 Å². The SMILES string of the molecule is CC(C)(O)c1cc2ccsc2cc1N. The van der Waals surface area contributed by atoms with E-state index in [-0.39, 0.29) is 0 Å². The summed E-state index contributed by atoms with van der Waals surface area (Å²) < 4.78 is 1.16. The van der Waals surface area contributed by atoms with Crippen LogP contribution in [0.5, 0.6) is 0 Å². The lowest BCUT2D eigenvalue weighted by molar-refractivity contribution is 0.0795. The first kappa shape index (κ1) is 9.49. The molecule has 1 aromatic carbocycles. The van der Waals surface area contributed by atoms with Crippen molar-refractivity contribution in [1.82, 2.24) is 0 Å². The van der Waals surface area contributed by atoms with Gasteiger partial charge in [0, 0.05) is 16.0 Å². The number of rotatable bonds is 1. The Morgan fingerprint density at radius 1 is 1.36 bits per heavy atom. The van der Waals surface area contributed by atoms with Crippen molar-refractivity contribution in [3.05, 3.63) is 29.1 Å². The molecule has 0 radical (unpaired) electrons. The fraction of sp³-hybridized carbons (Fsp3) is 0.273. The Hall–Kier alpha value is -1.06. The van der Waals surface area contributed by atoms with Gasteiger partial charge in [0.25, 0.3) is 0 Å². The van der Waals surface area contributed by atoms with Crippen LogP contribution in [0, 0.1) is 0 Å². The second-order valence-electron chi connectivity index (χ2n) is 3.96. The maximum atomic E-state index is 9.89. The van der Waals surface area contributed by atoms with Crippen LogP contribution < -0.4 is 5.73 Å². The summed E-state index contributed by atoms with van der Waals surface area (Å²) in [5, 5.41) is 13.1. The number of nitrogen functional groups attached to an aromatic ring is 1. The third-order valence-electron chi connectivity index (χ3n) is 2.28. The summed E-state index contributed by atoms with van der Waals surface area (Å²) in [5.41, 5.74) is 6.46. The first-order valence-electron chi connectivity index (χ1n) is 4.48. The largest absolute Gasteiger partial charge is 0.398 e. The number of nitrogens with two attached hydrogens (primary N) is 1. The third-order valence-corrected chi connectivity index (χ3v) is 3.16. The Labute approximate surface area is 87.0 Å². The number of anilines is 1. The van der Waals surface area contributed by atoms with E-state index >= 15 is 0 Å². The molecule has 3 N–H and O–H groups in total. The Morgan fingerprint density at radius 3 is 2.71 bits per heavy atom. The summed E-state index contributed by atoms with van der Waals surface area (Å²) in [4.78, 5) is 0. The molecule has 0 spiro atoms. The maximum absolute atomic E-state index is 9.89. The molecule has 14 heavy (non-hydrogen) atoms. The number of fused-ring (bicyclic) bond motifs is 1. The summed E-state index contributed by atoms with van der Waals surface area (Å²) in [5.74, 6) is 0. The van der Waals surface area contributed by atoms with Crippen LogP contribution in [0.25, 0.3) is 10.1 Å². The van der Waals surface area contributed by atoms with Gasteiger partial charge in [-0.05, 0) is 42.8 Å². The number of benzene rings is 1. The van der Waals surface area contributed by atoms with Gasteiger partial charge in [-0.15, -0.1) is 11.3 Å². The van der Waals surface area contributed by atoms with Gasteiger partial charge in [-0.1, -0.05) is 0 Å². The van der Waals surface area contributed by atoms with Crippen LogP contribution in [0.15, 0.2) is 23.6 Å². The molecule has 2 nitrogen and oxygen atoms in total. The molecule has 0 unspecified atom stereocenters. The minimum Gasteiger partial charge on any atom is -0.398 e. The second-order valence-corrected chi connectivity index (χ2v) is 4.90. The van der Waals surface area contributed by atoms with E-state index < -0.39 is 5.60 Å². The minimum absolute atomic E-state index is 0.660. The molecule has 0 bridgehead atoms. The van der Waals surface area contributed by atoms with Crippen LogP contribution in [0.2, 0.25) is 0 Å². The van der Waals surface area contributed by atoms with E-state index in [1.165, 1.54) is 0 Å². The predicted molar refractivity (Wildman–Crippen MR) is 61.5 cm³/mol. The molecule has 0 aliphatic heterocycles. The highest BCUT2D eigenvalue weighted by atomic mass is 32.1. The van der Waals surface area contributed by atoms with E-state index in [1.807, 2.05) is 23.6 Å². The topological polar surface area (TPSA) is 46.2 Å². The third kappa shape index (κ3) is 1.49. The highest BCUT2D eigenvalue weighted by molar-refractivity contribution is 7.17. The molecule has 1 heterocycles. The molecule has 1 aromatic heterocycles. The smallest absolute Gasteiger partial charge is 0.0860 e. The number of hydrogen-bond acceptors (Lipinski definition) is 3. The first-order chi connectivity index (χ1) is 6.48. The van der Waals surface area contributed by atoms with Crippen molar-refractivity contribution in [3.63, 3.8) is 0 Å². The zero-order valence-electron chi connectivity index (χ0n) is 8.24. The summed E-state index contributed by atoms with van der Waals surface area (Å²) in [6.45, 7) is 3.49. The number of hydrogen-bond donors (Lipinski definition) is 2. The second kappa shape index (κ2) is 2.97. The summed E-state index contributed by atoms with van der Waals surface area (Å²) in [7, 11) is 0. The lowest BCUT2D eigenvalue weighted by Crippen LogP contribution is -2.17. The van der Waals surface area contributed by atoms with Gasteiger partial charge >= 0.3 is 0 Å². The van der Waals surface area contributed by atoms with E-state index in [1.54, 1.807) is 25.2 Å². The van der Waals surface area contributed by atoms with Crippen molar-refractivity contribution in [3.8, 4) is 0 Å². The zero-order chi connectivity index (χ0) is 10.3. The molecular formula is C11H13NOS. The van der Waals surface area contributed by atoms with Crippen molar-refractivity contribution >= 4 is 27.1 Å². The number of thiophene rings is 1. The van der Waals surface area contributed by atoms with Gasteiger partial charge in [-0.25, -0.2) is 0 Å². The highest BCUT2D eigenvalue weighted by Gasteiger charge is 2.19. The van der Waals surface area contributed by atoms with Crippen molar-refractivity contribution in [2.45, 2.75) is 19.4 Å². The van der Waals surface area contributed by atoms with E-state index in [0.717, 1.165) is 15.6 Å². The Morgan fingerprint density at radius 2 is 2.07 bits per heavy atom. The Balaban J connectivity index is 2.71. The van der Waals surface area contributed by atoms with Crippen LogP contribution in [-0.4, -0.2) is 5.11 Å². The fourth-order valence-corrected chi connectivity index (χ4v) is 2.37. The molecule has 2 aromatic rings. The average Bonchev–Trinajstić information content (AvgIpc) is 2.47. The standard InChI is InChI=1S/C11H13NOS/c1-11(2,13)8-5-7-3-4-14-10(7)6-9(8)12/h3-6,13H,12H2,1-2H3. The molecule has 2 rings (SSSR count). The van der Waals surface area contributed by atoms with Crippen LogP contribution in [0.3, 0.4) is 0 Å². The molecule has 0 saturated heterocycles. The van der Waals surface area contributed by atoms with Gasteiger partial charge in [0.2, 0.25) is 0 Å². The molecule has 0 aliphatic carbocycles. The number of aliphatic hydroxyl groups is 1. The summed E-state index contributed by atoms with van der Waals surface area (Å²) >= 11 is 1.66. The molecule has 3 heteroatoms. The quantitative estimate of drug-likeness (QED) is 0.706. The summed E-state index contributed by atoms with van der Waals surface area (Å²) in [6.07, 6.45) is 0.